The molecule has 1 aliphatic carbocycles. The Labute approximate surface area is 127 Å². The molecule has 0 radical (unpaired) electrons. The normalized spacial score (nSPS) is 35.6. The van der Waals surface area contributed by atoms with E-state index in [2.05, 4.69) is 4.90 Å². The molecule has 21 heavy (non-hydrogen) atoms. The van der Waals surface area contributed by atoms with E-state index >= 15 is 0 Å². The Bertz CT molecular complexity index is 307. The standard InChI is InChI=1S/C16H29NO4/c18-13(11-19-12-14-4-3-8-20-14)10-17-7-9-21-16-6-2-1-5-15(16)17/h13-16,18H,1-12H2/t13-,14-,15-,16-/m0/s1. The van der Waals surface area contributed by atoms with Crippen LogP contribution >= 0.6 is 0 Å². The number of ether oxygens (including phenoxy) is 3. The molecule has 0 spiro atoms. The van der Waals surface area contributed by atoms with E-state index < -0.39 is 6.10 Å². The van der Waals surface area contributed by atoms with Crippen molar-refractivity contribution in [2.75, 3.05) is 39.5 Å². The molecule has 1 saturated carbocycles. The van der Waals surface area contributed by atoms with Crippen molar-refractivity contribution < 1.29 is 19.3 Å². The van der Waals surface area contributed by atoms with Gasteiger partial charge in [-0.3, -0.25) is 4.90 Å². The van der Waals surface area contributed by atoms with Gasteiger partial charge >= 0.3 is 0 Å². The lowest BCUT2D eigenvalue weighted by Crippen LogP contribution is -2.54. The van der Waals surface area contributed by atoms with Crippen LogP contribution < -0.4 is 0 Å². The number of aliphatic hydroxyl groups excluding tert-OH is 1. The van der Waals surface area contributed by atoms with Crippen LogP contribution in [0.4, 0.5) is 0 Å². The average Bonchev–Trinajstić information content (AvgIpc) is 3.01. The maximum atomic E-state index is 10.2. The van der Waals surface area contributed by atoms with E-state index in [4.69, 9.17) is 14.2 Å². The fourth-order valence-electron chi connectivity index (χ4n) is 3.84. The van der Waals surface area contributed by atoms with Gasteiger partial charge in [0.2, 0.25) is 0 Å². The highest BCUT2D eigenvalue weighted by Crippen LogP contribution is 2.28. The second-order valence-electron chi connectivity index (χ2n) is 6.58. The number of rotatable bonds is 6. The maximum absolute atomic E-state index is 10.2. The Kier molecular flexibility index (Phi) is 5.89. The van der Waals surface area contributed by atoms with Gasteiger partial charge in [0.1, 0.15) is 0 Å². The van der Waals surface area contributed by atoms with E-state index in [1.807, 2.05) is 0 Å². The minimum Gasteiger partial charge on any atom is -0.389 e. The molecule has 5 nitrogen and oxygen atoms in total. The minimum atomic E-state index is -0.410. The second kappa shape index (κ2) is 7.88. The summed E-state index contributed by atoms with van der Waals surface area (Å²) >= 11 is 0. The molecular formula is C16H29NO4. The first-order valence-electron chi connectivity index (χ1n) is 8.56. The highest BCUT2D eigenvalue weighted by molar-refractivity contribution is 4.88. The Balaban J connectivity index is 1.37. The summed E-state index contributed by atoms with van der Waals surface area (Å²) in [6.45, 7) is 4.32. The van der Waals surface area contributed by atoms with Gasteiger partial charge in [0, 0.05) is 25.7 Å². The number of hydrogen-bond donors (Lipinski definition) is 1. The Morgan fingerprint density at radius 2 is 2.00 bits per heavy atom. The quantitative estimate of drug-likeness (QED) is 0.798. The van der Waals surface area contributed by atoms with Gasteiger partial charge in [0.05, 0.1) is 38.1 Å². The number of morpholine rings is 1. The molecule has 3 rings (SSSR count). The number of fused-ring (bicyclic) bond motifs is 1. The molecule has 3 aliphatic rings. The van der Waals surface area contributed by atoms with Gasteiger partial charge in [0.25, 0.3) is 0 Å². The van der Waals surface area contributed by atoms with Crippen LogP contribution in [0.5, 0.6) is 0 Å². The maximum Gasteiger partial charge on any atom is 0.0900 e. The third-order valence-corrected chi connectivity index (χ3v) is 4.93. The van der Waals surface area contributed by atoms with Crippen molar-refractivity contribution in [1.29, 1.82) is 0 Å². The highest BCUT2D eigenvalue weighted by Gasteiger charge is 2.34. The average molecular weight is 299 g/mol. The summed E-state index contributed by atoms with van der Waals surface area (Å²) < 4.78 is 17.0. The summed E-state index contributed by atoms with van der Waals surface area (Å²) in [5.41, 5.74) is 0. The zero-order valence-corrected chi connectivity index (χ0v) is 12.9. The van der Waals surface area contributed by atoms with Gasteiger partial charge in [0.15, 0.2) is 0 Å². The van der Waals surface area contributed by atoms with Crippen molar-refractivity contribution in [3.05, 3.63) is 0 Å². The molecule has 1 N–H and O–H groups in total. The Morgan fingerprint density at radius 1 is 1.10 bits per heavy atom. The molecule has 4 atom stereocenters. The van der Waals surface area contributed by atoms with Crippen LogP contribution in [-0.4, -0.2) is 73.9 Å². The van der Waals surface area contributed by atoms with Crippen LogP contribution in [0.2, 0.25) is 0 Å². The van der Waals surface area contributed by atoms with Crippen molar-refractivity contribution >= 4 is 0 Å². The summed E-state index contributed by atoms with van der Waals surface area (Å²) in [4.78, 5) is 2.41. The summed E-state index contributed by atoms with van der Waals surface area (Å²) in [5, 5.41) is 10.2. The minimum absolute atomic E-state index is 0.239. The van der Waals surface area contributed by atoms with Crippen molar-refractivity contribution in [2.45, 2.75) is 62.9 Å². The van der Waals surface area contributed by atoms with E-state index in [1.165, 1.54) is 25.7 Å². The van der Waals surface area contributed by atoms with Crippen molar-refractivity contribution in [2.24, 2.45) is 0 Å². The topological polar surface area (TPSA) is 51.2 Å². The summed E-state index contributed by atoms with van der Waals surface area (Å²) in [7, 11) is 0. The van der Waals surface area contributed by atoms with Crippen molar-refractivity contribution in [3.63, 3.8) is 0 Å². The SMILES string of the molecule is O[C@H](COC[C@@H]1CCCO1)CN1CCO[C@H]2CCCC[C@@H]21. The third-order valence-electron chi connectivity index (χ3n) is 4.93. The first-order chi connectivity index (χ1) is 10.3. The predicted molar refractivity (Wildman–Crippen MR) is 79.4 cm³/mol. The smallest absolute Gasteiger partial charge is 0.0900 e. The molecule has 0 aromatic carbocycles. The molecular weight excluding hydrogens is 270 g/mol. The molecule has 5 heteroatoms. The van der Waals surface area contributed by atoms with Gasteiger partial charge in [-0.25, -0.2) is 0 Å². The Morgan fingerprint density at radius 3 is 2.86 bits per heavy atom. The Hall–Kier alpha value is -0.200. The van der Waals surface area contributed by atoms with E-state index in [0.29, 0.717) is 31.9 Å². The van der Waals surface area contributed by atoms with Crippen LogP contribution in [0, 0.1) is 0 Å². The molecule has 3 fully saturated rings. The number of nitrogens with zero attached hydrogens (tertiary/aromatic N) is 1. The molecule has 0 amide bonds. The summed E-state index contributed by atoms with van der Waals surface area (Å²) in [6, 6.07) is 0.500. The van der Waals surface area contributed by atoms with E-state index in [0.717, 1.165) is 32.6 Å². The molecule has 0 aromatic rings. The number of aliphatic hydroxyl groups is 1. The van der Waals surface area contributed by atoms with Crippen molar-refractivity contribution in [3.8, 4) is 0 Å². The number of hydrogen-bond acceptors (Lipinski definition) is 5. The van der Waals surface area contributed by atoms with E-state index in [9.17, 15) is 5.11 Å². The third kappa shape index (κ3) is 4.39. The first kappa shape index (κ1) is 15.7. The molecule has 2 aliphatic heterocycles. The zero-order valence-electron chi connectivity index (χ0n) is 12.9. The monoisotopic (exact) mass is 299 g/mol. The van der Waals surface area contributed by atoms with Gasteiger partial charge in [-0.05, 0) is 25.7 Å². The highest BCUT2D eigenvalue weighted by atomic mass is 16.5. The van der Waals surface area contributed by atoms with Gasteiger partial charge in [-0.2, -0.15) is 0 Å². The molecule has 2 saturated heterocycles. The molecule has 0 bridgehead atoms. The molecule has 122 valence electrons. The van der Waals surface area contributed by atoms with Crippen LogP contribution in [0.1, 0.15) is 38.5 Å². The second-order valence-corrected chi connectivity index (χ2v) is 6.58. The van der Waals surface area contributed by atoms with Crippen LogP contribution in [-0.2, 0) is 14.2 Å². The van der Waals surface area contributed by atoms with E-state index in [-0.39, 0.29) is 6.10 Å². The largest absolute Gasteiger partial charge is 0.389 e. The van der Waals surface area contributed by atoms with Gasteiger partial charge in [-0.1, -0.05) is 12.8 Å². The van der Waals surface area contributed by atoms with Crippen LogP contribution in [0.25, 0.3) is 0 Å². The molecule has 0 unspecified atom stereocenters. The van der Waals surface area contributed by atoms with Crippen molar-refractivity contribution in [1.82, 2.24) is 4.90 Å². The van der Waals surface area contributed by atoms with Gasteiger partial charge < -0.3 is 19.3 Å². The first-order valence-corrected chi connectivity index (χ1v) is 8.56. The molecule has 2 heterocycles. The summed E-state index contributed by atoms with van der Waals surface area (Å²) in [5.74, 6) is 0. The van der Waals surface area contributed by atoms with E-state index in [1.54, 1.807) is 0 Å². The summed E-state index contributed by atoms with van der Waals surface area (Å²) in [6.07, 6.45) is 7.37. The number of β-amino-alcohol motifs (C(OH)–C–C–N with tert-alkyl or cyclic N) is 1. The lowest BCUT2D eigenvalue weighted by molar-refractivity contribution is -0.104. The molecule has 0 aromatic heterocycles. The lowest BCUT2D eigenvalue weighted by atomic mass is 9.90. The fraction of sp³-hybridized carbons (Fsp3) is 1.00. The predicted octanol–water partition coefficient (Wildman–Crippen LogP) is 1.19. The fourth-order valence-corrected chi connectivity index (χ4v) is 3.84. The lowest BCUT2D eigenvalue weighted by Gasteiger charge is -2.44. The zero-order chi connectivity index (χ0) is 14.5. The van der Waals surface area contributed by atoms with Crippen LogP contribution in [0.3, 0.4) is 0 Å². The van der Waals surface area contributed by atoms with Crippen LogP contribution in [0.15, 0.2) is 0 Å². The van der Waals surface area contributed by atoms with Gasteiger partial charge in [-0.15, -0.1) is 0 Å².